The highest BCUT2D eigenvalue weighted by molar-refractivity contribution is 7.89. The molecule has 0 spiro atoms. The van der Waals surface area contributed by atoms with Crippen molar-refractivity contribution in [1.29, 1.82) is 0 Å². The molecule has 0 heterocycles. The zero-order valence-electron chi connectivity index (χ0n) is 12.5. The van der Waals surface area contributed by atoms with Gasteiger partial charge < -0.3 is 11.1 Å². The summed E-state index contributed by atoms with van der Waals surface area (Å²) < 4.78 is 25.0. The third-order valence-electron chi connectivity index (χ3n) is 2.68. The van der Waals surface area contributed by atoms with Gasteiger partial charge in [-0.25, -0.2) is 12.7 Å². The highest BCUT2D eigenvalue weighted by Gasteiger charge is 2.23. The summed E-state index contributed by atoms with van der Waals surface area (Å²) in [5, 5.41) is 14.0. The summed E-state index contributed by atoms with van der Waals surface area (Å²) in [6, 6.07) is 3.75. The molecule has 1 rings (SSSR count). The first-order valence-corrected chi connectivity index (χ1v) is 7.63. The van der Waals surface area contributed by atoms with E-state index in [0.717, 1.165) is 10.4 Å². The molecule has 0 aliphatic rings. The fourth-order valence-corrected chi connectivity index (χ4v) is 2.43. The zero-order chi connectivity index (χ0) is 16.4. The van der Waals surface area contributed by atoms with E-state index in [1.165, 1.54) is 26.2 Å². The second-order valence-corrected chi connectivity index (χ2v) is 7.72. The molecule has 118 valence electrons. The van der Waals surface area contributed by atoms with Crippen molar-refractivity contribution in [3.8, 4) is 0 Å². The molecule has 8 nitrogen and oxygen atoms in total. The van der Waals surface area contributed by atoms with Gasteiger partial charge in [0.2, 0.25) is 10.0 Å². The van der Waals surface area contributed by atoms with Gasteiger partial charge in [0.05, 0.1) is 9.82 Å². The normalized spacial score (nSPS) is 12.5. The largest absolute Gasteiger partial charge is 0.378 e. The van der Waals surface area contributed by atoms with Gasteiger partial charge in [-0.3, -0.25) is 10.1 Å². The van der Waals surface area contributed by atoms with Crippen LogP contribution in [0.1, 0.15) is 13.8 Å². The minimum absolute atomic E-state index is 0.128. The molecule has 9 heteroatoms. The third kappa shape index (κ3) is 4.38. The Balaban J connectivity index is 3.23. The van der Waals surface area contributed by atoms with Crippen molar-refractivity contribution in [3.05, 3.63) is 28.3 Å². The summed E-state index contributed by atoms with van der Waals surface area (Å²) in [5.41, 5.74) is 5.19. The van der Waals surface area contributed by atoms with E-state index in [1.54, 1.807) is 13.8 Å². The van der Waals surface area contributed by atoms with Crippen LogP contribution in [0.5, 0.6) is 0 Å². The van der Waals surface area contributed by atoms with Crippen LogP contribution in [0.3, 0.4) is 0 Å². The molecule has 0 bridgehead atoms. The van der Waals surface area contributed by atoms with Crippen molar-refractivity contribution >= 4 is 21.4 Å². The van der Waals surface area contributed by atoms with Gasteiger partial charge in [0.25, 0.3) is 5.69 Å². The maximum Gasteiger partial charge on any atom is 0.293 e. The number of rotatable bonds is 6. The Morgan fingerprint density at radius 2 is 1.95 bits per heavy atom. The van der Waals surface area contributed by atoms with Crippen LogP contribution in [0, 0.1) is 10.1 Å². The number of nitrogens with zero attached hydrogens (tertiary/aromatic N) is 2. The van der Waals surface area contributed by atoms with Crippen LogP contribution >= 0.6 is 0 Å². The van der Waals surface area contributed by atoms with E-state index >= 15 is 0 Å². The second kappa shape index (κ2) is 5.96. The number of nitro benzene ring substituents is 1. The van der Waals surface area contributed by atoms with Crippen molar-refractivity contribution in [1.82, 2.24) is 4.31 Å². The van der Waals surface area contributed by atoms with Crippen LogP contribution < -0.4 is 11.1 Å². The number of sulfonamides is 1. The molecule has 0 aliphatic heterocycles. The number of nitrogens with two attached hydrogens (primary N) is 1. The Kier molecular flexibility index (Phi) is 4.92. The first-order chi connectivity index (χ1) is 9.45. The molecule has 0 radical (unpaired) electrons. The minimum atomic E-state index is -3.72. The van der Waals surface area contributed by atoms with Crippen molar-refractivity contribution in [2.45, 2.75) is 24.3 Å². The second-order valence-electron chi connectivity index (χ2n) is 5.57. The Bertz CT molecular complexity index is 635. The molecule has 0 fully saturated rings. The van der Waals surface area contributed by atoms with Crippen molar-refractivity contribution in [2.24, 2.45) is 5.73 Å². The summed E-state index contributed by atoms with van der Waals surface area (Å²) in [6.45, 7) is 3.86. The minimum Gasteiger partial charge on any atom is -0.378 e. The fourth-order valence-electron chi connectivity index (χ4n) is 1.51. The topological polar surface area (TPSA) is 119 Å². The quantitative estimate of drug-likeness (QED) is 0.597. The number of hydrogen-bond donors (Lipinski definition) is 2. The van der Waals surface area contributed by atoms with Crippen molar-refractivity contribution in [2.75, 3.05) is 26.0 Å². The van der Waals surface area contributed by atoms with Crippen LogP contribution in [0.25, 0.3) is 0 Å². The highest BCUT2D eigenvalue weighted by atomic mass is 32.2. The molecular formula is C12H20N4O4S. The molecule has 0 unspecified atom stereocenters. The molecule has 0 atom stereocenters. The van der Waals surface area contributed by atoms with Gasteiger partial charge in [-0.1, -0.05) is 0 Å². The zero-order valence-corrected chi connectivity index (χ0v) is 13.3. The molecule has 21 heavy (non-hydrogen) atoms. The molecular weight excluding hydrogens is 296 g/mol. The summed E-state index contributed by atoms with van der Waals surface area (Å²) >= 11 is 0. The van der Waals surface area contributed by atoms with E-state index < -0.39 is 20.5 Å². The molecule has 0 amide bonds. The van der Waals surface area contributed by atoms with Crippen molar-refractivity contribution < 1.29 is 13.3 Å². The van der Waals surface area contributed by atoms with E-state index in [0.29, 0.717) is 6.54 Å². The highest BCUT2D eigenvalue weighted by Crippen LogP contribution is 2.28. The first-order valence-electron chi connectivity index (χ1n) is 6.19. The summed E-state index contributed by atoms with van der Waals surface area (Å²) in [6.07, 6.45) is 0. The molecule has 1 aromatic carbocycles. The maximum absolute atomic E-state index is 12.0. The Morgan fingerprint density at radius 3 is 2.38 bits per heavy atom. The predicted molar refractivity (Wildman–Crippen MR) is 80.7 cm³/mol. The summed E-state index contributed by atoms with van der Waals surface area (Å²) in [7, 11) is -0.986. The van der Waals surface area contributed by atoms with Crippen LogP contribution in [0.2, 0.25) is 0 Å². The van der Waals surface area contributed by atoms with Gasteiger partial charge >= 0.3 is 0 Å². The Hall–Kier alpha value is -1.71. The number of hydrogen-bond acceptors (Lipinski definition) is 6. The van der Waals surface area contributed by atoms with Crippen LogP contribution in [0.15, 0.2) is 23.1 Å². The first kappa shape index (κ1) is 17.3. The van der Waals surface area contributed by atoms with E-state index in [2.05, 4.69) is 5.32 Å². The standard InChI is InChI=1S/C12H20N4O4S/c1-12(2,13)8-14-10-6-5-9(7-11(10)16(17)18)21(19,20)15(3)4/h5-7,14H,8,13H2,1-4H3. The van der Waals surface area contributed by atoms with Crippen LogP contribution in [-0.2, 0) is 10.0 Å². The molecule has 0 saturated heterocycles. The average Bonchev–Trinajstić information content (AvgIpc) is 2.34. The number of nitrogens with one attached hydrogen (secondary N) is 1. The Morgan fingerprint density at radius 1 is 1.38 bits per heavy atom. The van der Waals surface area contributed by atoms with E-state index in [1.807, 2.05) is 0 Å². The summed E-state index contributed by atoms with van der Waals surface area (Å²) in [4.78, 5) is 10.4. The van der Waals surface area contributed by atoms with Gasteiger partial charge in [0.15, 0.2) is 0 Å². The van der Waals surface area contributed by atoms with Gasteiger partial charge in [-0.2, -0.15) is 0 Å². The molecule has 0 aliphatic carbocycles. The predicted octanol–water partition coefficient (Wildman–Crippen LogP) is 0.994. The monoisotopic (exact) mass is 316 g/mol. The number of benzene rings is 1. The van der Waals surface area contributed by atoms with Crippen LogP contribution in [0.4, 0.5) is 11.4 Å². The summed E-state index contributed by atoms with van der Waals surface area (Å²) in [5.74, 6) is 0. The average molecular weight is 316 g/mol. The van der Waals surface area contributed by atoms with Gasteiger partial charge in [-0.05, 0) is 26.0 Å². The molecule has 1 aromatic rings. The SMILES string of the molecule is CN(C)S(=O)(=O)c1ccc(NCC(C)(C)N)c([N+](=O)[O-])c1. The lowest BCUT2D eigenvalue weighted by Gasteiger charge is -2.20. The lowest BCUT2D eigenvalue weighted by atomic mass is 10.1. The lowest BCUT2D eigenvalue weighted by molar-refractivity contribution is -0.384. The molecule has 0 aromatic heterocycles. The van der Waals surface area contributed by atoms with Gasteiger partial charge in [-0.15, -0.1) is 0 Å². The van der Waals surface area contributed by atoms with Crippen LogP contribution in [-0.4, -0.2) is 43.8 Å². The van der Waals surface area contributed by atoms with Gasteiger partial charge in [0.1, 0.15) is 5.69 Å². The fraction of sp³-hybridized carbons (Fsp3) is 0.500. The number of nitro groups is 1. The smallest absolute Gasteiger partial charge is 0.293 e. The van der Waals surface area contributed by atoms with E-state index in [9.17, 15) is 18.5 Å². The number of anilines is 1. The van der Waals surface area contributed by atoms with E-state index in [-0.39, 0.29) is 16.3 Å². The third-order valence-corrected chi connectivity index (χ3v) is 4.49. The lowest BCUT2D eigenvalue weighted by Crippen LogP contribution is -2.39. The van der Waals surface area contributed by atoms with E-state index in [4.69, 9.17) is 5.73 Å². The van der Waals surface area contributed by atoms with Gasteiger partial charge in [0, 0.05) is 32.2 Å². The Labute approximate surface area is 124 Å². The molecule has 0 saturated carbocycles. The maximum atomic E-state index is 12.0. The van der Waals surface area contributed by atoms with Crippen molar-refractivity contribution in [3.63, 3.8) is 0 Å². The molecule has 3 N–H and O–H groups in total.